The standard InChI is InChI=1S/C18H16ClNO4/c1-11-17(18(22)23)15(12-4-6-13(19)7-5-12)9-16(21)20(11)10-14-3-2-8-24-14/h2-8,15H,9-10H2,1H3,(H,22,23). The first kappa shape index (κ1) is 16.3. The Morgan fingerprint density at radius 1 is 1.33 bits per heavy atom. The van der Waals surface area contributed by atoms with Crippen LogP contribution in [0.4, 0.5) is 0 Å². The Bertz CT molecular complexity index is 793. The highest BCUT2D eigenvalue weighted by Gasteiger charge is 2.36. The van der Waals surface area contributed by atoms with E-state index in [1.807, 2.05) is 0 Å². The lowest BCUT2D eigenvalue weighted by molar-refractivity contribution is -0.135. The number of carboxylic acids is 1. The molecule has 0 fully saturated rings. The van der Waals surface area contributed by atoms with Gasteiger partial charge in [-0.15, -0.1) is 0 Å². The predicted molar refractivity (Wildman–Crippen MR) is 88.4 cm³/mol. The fourth-order valence-corrected chi connectivity index (χ4v) is 3.15. The molecule has 1 N–H and O–H groups in total. The molecule has 0 spiro atoms. The molecule has 24 heavy (non-hydrogen) atoms. The van der Waals surface area contributed by atoms with Gasteiger partial charge in [-0.2, -0.15) is 0 Å². The van der Waals surface area contributed by atoms with Crippen LogP contribution in [0.1, 0.15) is 30.6 Å². The van der Waals surface area contributed by atoms with Crippen LogP contribution in [0.3, 0.4) is 0 Å². The second kappa shape index (κ2) is 6.53. The molecule has 5 nitrogen and oxygen atoms in total. The molecule has 0 radical (unpaired) electrons. The zero-order chi connectivity index (χ0) is 17.3. The Kier molecular flexibility index (Phi) is 4.44. The summed E-state index contributed by atoms with van der Waals surface area (Å²) in [5, 5.41) is 10.2. The van der Waals surface area contributed by atoms with Gasteiger partial charge in [0, 0.05) is 23.1 Å². The van der Waals surface area contributed by atoms with Crippen molar-refractivity contribution in [3.63, 3.8) is 0 Å². The van der Waals surface area contributed by atoms with Gasteiger partial charge >= 0.3 is 5.97 Å². The number of carbonyl (C=O) groups excluding carboxylic acids is 1. The summed E-state index contributed by atoms with van der Waals surface area (Å²) >= 11 is 5.90. The van der Waals surface area contributed by atoms with Gasteiger partial charge in [0.2, 0.25) is 5.91 Å². The summed E-state index contributed by atoms with van der Waals surface area (Å²) in [6.45, 7) is 1.88. The van der Waals surface area contributed by atoms with Crippen LogP contribution in [0.2, 0.25) is 5.02 Å². The first-order valence-electron chi connectivity index (χ1n) is 7.49. The SMILES string of the molecule is CC1=C(C(=O)O)C(c2ccc(Cl)cc2)CC(=O)N1Cc1ccco1. The molecule has 1 atom stereocenters. The Hall–Kier alpha value is -2.53. The van der Waals surface area contributed by atoms with Crippen LogP contribution in [0.25, 0.3) is 0 Å². The summed E-state index contributed by atoms with van der Waals surface area (Å²) in [5.74, 6) is -1.03. The third-order valence-corrected chi connectivity index (χ3v) is 4.47. The first-order chi connectivity index (χ1) is 11.5. The van der Waals surface area contributed by atoms with Crippen LogP contribution in [0.5, 0.6) is 0 Å². The summed E-state index contributed by atoms with van der Waals surface area (Å²) in [5.41, 5.74) is 1.43. The van der Waals surface area contributed by atoms with Gasteiger partial charge in [0.25, 0.3) is 0 Å². The van der Waals surface area contributed by atoms with Crippen molar-refractivity contribution >= 4 is 23.5 Å². The molecular weight excluding hydrogens is 330 g/mol. The molecule has 1 amide bonds. The fourth-order valence-electron chi connectivity index (χ4n) is 3.02. The zero-order valence-electron chi connectivity index (χ0n) is 13.0. The number of benzene rings is 1. The quantitative estimate of drug-likeness (QED) is 0.914. The minimum atomic E-state index is -1.02. The topological polar surface area (TPSA) is 70.8 Å². The third-order valence-electron chi connectivity index (χ3n) is 4.22. The lowest BCUT2D eigenvalue weighted by Gasteiger charge is -2.33. The van der Waals surface area contributed by atoms with Crippen molar-refractivity contribution in [3.8, 4) is 0 Å². The molecule has 124 valence electrons. The van der Waals surface area contributed by atoms with Crippen molar-refractivity contribution < 1.29 is 19.1 Å². The Labute approximate surface area is 144 Å². The number of hydrogen-bond donors (Lipinski definition) is 1. The molecule has 3 rings (SSSR count). The molecule has 1 unspecified atom stereocenters. The molecule has 1 aromatic carbocycles. The molecule has 0 bridgehead atoms. The van der Waals surface area contributed by atoms with Crippen LogP contribution in [-0.2, 0) is 16.1 Å². The molecule has 2 aromatic rings. The van der Waals surface area contributed by atoms with Gasteiger partial charge in [0.05, 0.1) is 18.4 Å². The number of halogens is 1. The number of allylic oxidation sites excluding steroid dienone is 1. The van der Waals surface area contributed by atoms with E-state index < -0.39 is 11.9 Å². The molecule has 2 heterocycles. The normalized spacial score (nSPS) is 18.2. The van der Waals surface area contributed by atoms with Crippen molar-refractivity contribution in [1.82, 2.24) is 4.90 Å². The van der Waals surface area contributed by atoms with Gasteiger partial charge in [0.1, 0.15) is 5.76 Å². The molecule has 1 aromatic heterocycles. The number of furan rings is 1. The second-order valence-corrected chi connectivity index (χ2v) is 6.11. The van der Waals surface area contributed by atoms with E-state index in [0.29, 0.717) is 16.5 Å². The largest absolute Gasteiger partial charge is 0.478 e. The van der Waals surface area contributed by atoms with Crippen LogP contribution in [-0.4, -0.2) is 21.9 Å². The highest BCUT2D eigenvalue weighted by Crippen LogP contribution is 2.37. The Morgan fingerprint density at radius 3 is 2.62 bits per heavy atom. The van der Waals surface area contributed by atoms with Crippen molar-refractivity contribution in [2.45, 2.75) is 25.8 Å². The van der Waals surface area contributed by atoms with Gasteiger partial charge in [-0.25, -0.2) is 4.79 Å². The van der Waals surface area contributed by atoms with E-state index in [1.165, 1.54) is 11.2 Å². The van der Waals surface area contributed by atoms with Crippen molar-refractivity contribution in [3.05, 3.63) is 70.3 Å². The Morgan fingerprint density at radius 2 is 2.04 bits per heavy atom. The van der Waals surface area contributed by atoms with E-state index in [2.05, 4.69) is 0 Å². The highest BCUT2D eigenvalue weighted by atomic mass is 35.5. The monoisotopic (exact) mass is 345 g/mol. The van der Waals surface area contributed by atoms with Gasteiger partial charge in [-0.1, -0.05) is 23.7 Å². The third kappa shape index (κ3) is 3.08. The number of rotatable bonds is 4. The number of amides is 1. The molecule has 1 aliphatic rings. The van der Waals surface area contributed by atoms with Gasteiger partial charge in [0.15, 0.2) is 0 Å². The molecular formula is C18H16ClNO4. The van der Waals surface area contributed by atoms with E-state index in [1.54, 1.807) is 43.3 Å². The molecule has 1 aliphatic heterocycles. The summed E-state index contributed by atoms with van der Waals surface area (Å²) in [4.78, 5) is 25.9. The minimum absolute atomic E-state index is 0.0985. The van der Waals surface area contributed by atoms with Gasteiger partial charge in [-0.05, 0) is 36.8 Å². The average Bonchev–Trinajstić information content (AvgIpc) is 3.04. The fraction of sp³-hybridized carbons (Fsp3) is 0.222. The van der Waals surface area contributed by atoms with Crippen LogP contribution < -0.4 is 0 Å². The van der Waals surface area contributed by atoms with E-state index >= 15 is 0 Å². The number of carbonyl (C=O) groups is 2. The predicted octanol–water partition coefficient (Wildman–Crippen LogP) is 3.81. The van der Waals surface area contributed by atoms with E-state index in [9.17, 15) is 14.7 Å². The van der Waals surface area contributed by atoms with E-state index in [4.69, 9.17) is 16.0 Å². The van der Waals surface area contributed by atoms with Crippen molar-refractivity contribution in [2.24, 2.45) is 0 Å². The number of carboxylic acid groups (broad SMARTS) is 1. The Balaban J connectivity index is 2.00. The van der Waals surface area contributed by atoms with E-state index in [-0.39, 0.29) is 24.4 Å². The average molecular weight is 346 g/mol. The lowest BCUT2D eigenvalue weighted by Crippen LogP contribution is -2.37. The van der Waals surface area contributed by atoms with Crippen molar-refractivity contribution in [2.75, 3.05) is 0 Å². The minimum Gasteiger partial charge on any atom is -0.478 e. The lowest BCUT2D eigenvalue weighted by atomic mass is 9.84. The van der Waals surface area contributed by atoms with Crippen LogP contribution in [0.15, 0.2) is 58.3 Å². The molecule has 6 heteroatoms. The van der Waals surface area contributed by atoms with Crippen molar-refractivity contribution in [1.29, 1.82) is 0 Å². The maximum atomic E-state index is 12.6. The maximum absolute atomic E-state index is 12.6. The van der Waals surface area contributed by atoms with Gasteiger partial charge < -0.3 is 14.4 Å². The second-order valence-electron chi connectivity index (χ2n) is 5.67. The molecule has 0 aliphatic carbocycles. The summed E-state index contributed by atoms with van der Waals surface area (Å²) in [7, 11) is 0. The van der Waals surface area contributed by atoms with E-state index in [0.717, 1.165) is 5.56 Å². The highest BCUT2D eigenvalue weighted by molar-refractivity contribution is 6.30. The first-order valence-corrected chi connectivity index (χ1v) is 7.87. The number of hydrogen-bond acceptors (Lipinski definition) is 3. The molecule has 0 saturated carbocycles. The van der Waals surface area contributed by atoms with Crippen LogP contribution in [0, 0.1) is 0 Å². The van der Waals surface area contributed by atoms with Crippen LogP contribution >= 0.6 is 11.6 Å². The number of nitrogens with zero attached hydrogens (tertiary/aromatic N) is 1. The maximum Gasteiger partial charge on any atom is 0.333 e. The van der Waals surface area contributed by atoms with Gasteiger partial charge in [-0.3, -0.25) is 4.79 Å². The zero-order valence-corrected chi connectivity index (χ0v) is 13.8. The summed E-state index contributed by atoms with van der Waals surface area (Å²) < 4.78 is 5.27. The summed E-state index contributed by atoms with van der Waals surface area (Å²) in [6.07, 6.45) is 1.62. The number of aliphatic carboxylic acids is 1. The molecule has 0 saturated heterocycles. The summed E-state index contributed by atoms with van der Waals surface area (Å²) in [6, 6.07) is 10.4. The smallest absolute Gasteiger partial charge is 0.333 e.